The van der Waals surface area contributed by atoms with Crippen molar-refractivity contribution >= 4 is 11.8 Å². The zero-order valence-electron chi connectivity index (χ0n) is 22.0. The number of Topliss-reactive ketones (excluding diaryl/α,β-unsaturated/α-hetero) is 1. The average molecular weight is 519 g/mol. The van der Waals surface area contributed by atoms with Crippen LogP contribution in [-0.4, -0.2) is 61.3 Å². The van der Waals surface area contributed by atoms with Crippen LogP contribution in [0.1, 0.15) is 44.6 Å². The summed E-state index contributed by atoms with van der Waals surface area (Å²) in [5.41, 5.74) is -2.21. The van der Waals surface area contributed by atoms with Gasteiger partial charge < -0.3 is 20.1 Å². The second-order valence-corrected chi connectivity index (χ2v) is 12.1. The summed E-state index contributed by atoms with van der Waals surface area (Å²) >= 11 is 0. The summed E-state index contributed by atoms with van der Waals surface area (Å²) in [6.07, 6.45) is 2.68. The van der Waals surface area contributed by atoms with E-state index in [9.17, 15) is 24.9 Å². The number of fused-ring (bicyclic) bond motifs is 3. The van der Waals surface area contributed by atoms with Gasteiger partial charge in [-0.1, -0.05) is 51.1 Å². The van der Waals surface area contributed by atoms with E-state index in [1.54, 1.807) is 31.2 Å². The molecule has 4 aliphatic carbocycles. The number of carbonyl (C=O) groups excluding carboxylic acids is 2. The molecule has 0 aliphatic heterocycles. The van der Waals surface area contributed by atoms with Crippen molar-refractivity contribution < 1.29 is 29.6 Å². The van der Waals surface area contributed by atoms with Gasteiger partial charge in [0.15, 0.2) is 23.2 Å². The van der Waals surface area contributed by atoms with E-state index in [0.717, 1.165) is 0 Å². The molecule has 0 amide bonds. The number of esters is 1. The molecule has 0 radical (unpaired) electrons. The molecule has 1 heterocycles. The maximum atomic E-state index is 14.4. The summed E-state index contributed by atoms with van der Waals surface area (Å²) in [5, 5.41) is 38.7. The van der Waals surface area contributed by atoms with E-state index >= 15 is 0 Å². The lowest BCUT2D eigenvalue weighted by molar-refractivity contribution is -0.190. The van der Waals surface area contributed by atoms with Crippen molar-refractivity contribution in [3.8, 4) is 5.69 Å². The first-order valence-corrected chi connectivity index (χ1v) is 13.3. The van der Waals surface area contributed by atoms with Gasteiger partial charge in [-0.05, 0) is 65.9 Å². The minimum Gasteiger partial charge on any atom is -0.450 e. The number of hydrogen-bond donors (Lipinski definition) is 3. The highest BCUT2D eigenvalue weighted by Gasteiger charge is 2.76. The highest BCUT2D eigenvalue weighted by atomic mass is 16.6. The van der Waals surface area contributed by atoms with Gasteiger partial charge in [0, 0.05) is 5.92 Å². The largest absolute Gasteiger partial charge is 0.450 e. The van der Waals surface area contributed by atoms with Gasteiger partial charge in [0.25, 0.3) is 0 Å². The number of aliphatic hydroxyl groups excluding tert-OH is 2. The molecule has 0 saturated heterocycles. The van der Waals surface area contributed by atoms with Crippen LogP contribution in [0.25, 0.3) is 5.69 Å². The molecule has 8 nitrogen and oxygen atoms in total. The maximum absolute atomic E-state index is 14.4. The van der Waals surface area contributed by atoms with E-state index in [1.165, 1.54) is 16.9 Å². The zero-order chi connectivity index (χ0) is 27.2. The Kier molecular flexibility index (Phi) is 5.45. The molecular weight excluding hydrogens is 484 g/mol. The van der Waals surface area contributed by atoms with Crippen LogP contribution in [0.5, 0.6) is 0 Å². The lowest BCUT2D eigenvalue weighted by atomic mass is 9.59. The maximum Gasteiger partial charge on any atom is 0.357 e. The Bertz CT molecular complexity index is 1380. The number of carbonyl (C=O) groups is 2. The van der Waals surface area contributed by atoms with E-state index < -0.39 is 41.7 Å². The predicted molar refractivity (Wildman–Crippen MR) is 138 cm³/mol. The molecule has 2 fully saturated rings. The van der Waals surface area contributed by atoms with Crippen molar-refractivity contribution in [2.24, 2.45) is 34.5 Å². The molecule has 1 aromatic heterocycles. The molecule has 38 heavy (non-hydrogen) atoms. The van der Waals surface area contributed by atoms with Crippen molar-refractivity contribution in [2.75, 3.05) is 6.61 Å². The van der Waals surface area contributed by atoms with Crippen LogP contribution in [0.3, 0.4) is 0 Å². The molecule has 200 valence electrons. The Labute approximate surface area is 221 Å². The Morgan fingerprint density at radius 2 is 1.92 bits per heavy atom. The molecule has 3 N–H and O–H groups in total. The van der Waals surface area contributed by atoms with E-state index in [1.807, 2.05) is 25.1 Å². The van der Waals surface area contributed by atoms with Crippen LogP contribution in [0, 0.1) is 34.5 Å². The number of benzene rings is 1. The second-order valence-electron chi connectivity index (χ2n) is 12.1. The van der Waals surface area contributed by atoms with E-state index in [4.69, 9.17) is 4.74 Å². The first-order valence-electron chi connectivity index (χ1n) is 13.3. The zero-order valence-corrected chi connectivity index (χ0v) is 22.0. The van der Waals surface area contributed by atoms with Gasteiger partial charge in [-0.25, -0.2) is 9.48 Å². The van der Waals surface area contributed by atoms with Gasteiger partial charge in [0.1, 0.15) is 6.10 Å². The van der Waals surface area contributed by atoms with Crippen molar-refractivity contribution in [1.82, 2.24) is 9.78 Å². The van der Waals surface area contributed by atoms with E-state index in [-0.39, 0.29) is 40.2 Å². The first kappa shape index (κ1) is 25.2. The van der Waals surface area contributed by atoms with Crippen LogP contribution in [0.2, 0.25) is 0 Å². The molecule has 2 bridgehead atoms. The number of ether oxygens (including phenoxy) is 1. The number of aliphatic hydroxyl groups is 3. The summed E-state index contributed by atoms with van der Waals surface area (Å²) < 4.78 is 7.43. The molecule has 2 unspecified atom stereocenters. The van der Waals surface area contributed by atoms with Crippen LogP contribution in [-0.2, 0) is 9.53 Å². The Morgan fingerprint density at radius 3 is 2.61 bits per heavy atom. The highest BCUT2D eigenvalue weighted by molar-refractivity contribution is 5.96. The summed E-state index contributed by atoms with van der Waals surface area (Å²) in [7, 11) is 0. The fourth-order valence-corrected chi connectivity index (χ4v) is 7.99. The molecular formula is C30H34N2O6. The van der Waals surface area contributed by atoms with Crippen molar-refractivity contribution in [3.05, 3.63) is 71.6 Å². The molecule has 2 aromatic rings. The van der Waals surface area contributed by atoms with Crippen LogP contribution < -0.4 is 0 Å². The fraction of sp³-hybridized carbons (Fsp3) is 0.500. The Balaban J connectivity index is 1.44. The Morgan fingerprint density at radius 1 is 1.21 bits per heavy atom. The standard InChI is InChI=1S/C30H34N2O6/c1-16-14-29-17(2)12-21-23(28(21,3)4)20(25(29)35)13-18(15-33)24(34)30(29,37)26(16)38-27(36)22-10-11-31-32(22)19-8-6-5-7-9-19/h5-11,13-14,17,20-21,23-24,26,33-34,37H,12,15H2,1-4H3/t17?,20-,21+,23-,24+,26-,29?,30-/m0/s1. The average Bonchev–Trinajstić information content (AvgIpc) is 3.20. The number of nitrogens with zero attached hydrogens (tertiary/aromatic N) is 2. The van der Waals surface area contributed by atoms with Crippen LogP contribution in [0.15, 0.2) is 65.9 Å². The minimum absolute atomic E-state index is 0.0558. The lowest BCUT2D eigenvalue weighted by Gasteiger charge is -2.48. The van der Waals surface area contributed by atoms with Gasteiger partial charge >= 0.3 is 5.97 Å². The van der Waals surface area contributed by atoms with Crippen molar-refractivity contribution in [1.29, 1.82) is 0 Å². The smallest absolute Gasteiger partial charge is 0.357 e. The number of hydrogen-bond acceptors (Lipinski definition) is 7. The third kappa shape index (κ3) is 3.05. The molecule has 8 atom stereocenters. The molecule has 2 saturated carbocycles. The SMILES string of the molecule is CC1=CC23C(=O)[C@@H](C=C(CO)[C@@H](O)[C@]2(O)[C@H]1OC(=O)c1ccnn1-c1ccccc1)[C@H]1[C@@H](CC3C)C1(C)C. The van der Waals surface area contributed by atoms with Gasteiger partial charge in [-0.15, -0.1) is 0 Å². The summed E-state index contributed by atoms with van der Waals surface area (Å²) in [6.45, 7) is 7.43. The third-order valence-corrected chi connectivity index (χ3v) is 9.97. The van der Waals surface area contributed by atoms with Gasteiger partial charge in [0.05, 0.1) is 23.9 Å². The number of para-hydroxylation sites is 1. The van der Waals surface area contributed by atoms with Gasteiger partial charge in [0.2, 0.25) is 0 Å². The number of ketones is 1. The van der Waals surface area contributed by atoms with Crippen molar-refractivity contribution in [2.45, 2.75) is 51.9 Å². The fourth-order valence-electron chi connectivity index (χ4n) is 7.99. The normalized spacial score (nSPS) is 38.8. The second kappa shape index (κ2) is 8.21. The summed E-state index contributed by atoms with van der Waals surface area (Å²) in [5.74, 6) is -1.46. The number of rotatable bonds is 4. The van der Waals surface area contributed by atoms with Gasteiger partial charge in [-0.2, -0.15) is 5.10 Å². The van der Waals surface area contributed by atoms with E-state index in [0.29, 0.717) is 17.7 Å². The Hall–Kier alpha value is -3.07. The first-order chi connectivity index (χ1) is 18.0. The monoisotopic (exact) mass is 518 g/mol. The summed E-state index contributed by atoms with van der Waals surface area (Å²) in [4.78, 5) is 28.0. The van der Waals surface area contributed by atoms with Gasteiger partial charge in [-0.3, -0.25) is 4.79 Å². The molecule has 4 aliphatic rings. The molecule has 8 heteroatoms. The molecule has 6 rings (SSSR count). The topological polar surface area (TPSA) is 122 Å². The lowest BCUT2D eigenvalue weighted by Crippen LogP contribution is -2.65. The molecule has 1 aromatic carbocycles. The van der Waals surface area contributed by atoms with Crippen molar-refractivity contribution in [3.63, 3.8) is 0 Å². The quantitative estimate of drug-likeness (QED) is 0.420. The van der Waals surface area contributed by atoms with Crippen LogP contribution in [0.4, 0.5) is 0 Å². The summed E-state index contributed by atoms with van der Waals surface area (Å²) in [6, 6.07) is 10.6. The number of aromatic nitrogens is 2. The predicted octanol–water partition coefficient (Wildman–Crippen LogP) is 2.87. The number of allylic oxidation sites excluding steroid dienone is 1. The minimum atomic E-state index is -2.18. The van der Waals surface area contributed by atoms with E-state index in [2.05, 4.69) is 18.9 Å². The highest BCUT2D eigenvalue weighted by Crippen LogP contribution is 2.71. The molecule has 1 spiro atoms. The third-order valence-electron chi connectivity index (χ3n) is 9.97. The van der Waals surface area contributed by atoms with Crippen LogP contribution >= 0.6 is 0 Å².